The largest absolute Gasteiger partial charge is 0.466 e. The second-order valence-corrected chi connectivity index (χ2v) is 5.93. The van der Waals surface area contributed by atoms with Gasteiger partial charge in [-0.25, -0.2) is 0 Å². The van der Waals surface area contributed by atoms with Gasteiger partial charge in [0, 0.05) is 19.4 Å². The van der Waals surface area contributed by atoms with Crippen molar-refractivity contribution < 1.29 is 14.3 Å². The van der Waals surface area contributed by atoms with Gasteiger partial charge in [0.05, 0.1) is 12.7 Å². The zero-order valence-electron chi connectivity index (χ0n) is 12.8. The molecular formula is C15H30ClNO3. The SMILES string of the molecule is CC(C)C[C@H](CN)CC(=O)OCCC1CCCCO1.Cl. The zero-order valence-corrected chi connectivity index (χ0v) is 13.6. The third-order valence-electron chi connectivity index (χ3n) is 3.57. The van der Waals surface area contributed by atoms with Crippen LogP contribution in [0.5, 0.6) is 0 Å². The molecule has 0 aromatic carbocycles. The number of nitrogens with two attached hydrogens (primary N) is 1. The molecule has 120 valence electrons. The summed E-state index contributed by atoms with van der Waals surface area (Å²) >= 11 is 0. The van der Waals surface area contributed by atoms with E-state index in [-0.39, 0.29) is 30.4 Å². The third kappa shape index (κ3) is 8.77. The number of halogens is 1. The second kappa shape index (κ2) is 11.4. The van der Waals surface area contributed by atoms with Gasteiger partial charge in [-0.3, -0.25) is 4.79 Å². The van der Waals surface area contributed by atoms with Crippen molar-refractivity contribution in [2.24, 2.45) is 17.6 Å². The van der Waals surface area contributed by atoms with E-state index >= 15 is 0 Å². The predicted molar refractivity (Wildman–Crippen MR) is 83.0 cm³/mol. The monoisotopic (exact) mass is 307 g/mol. The van der Waals surface area contributed by atoms with Crippen molar-refractivity contribution in [2.45, 2.75) is 58.5 Å². The molecule has 0 spiro atoms. The molecule has 20 heavy (non-hydrogen) atoms. The number of ether oxygens (including phenoxy) is 2. The van der Waals surface area contributed by atoms with E-state index in [2.05, 4.69) is 13.8 Å². The quantitative estimate of drug-likeness (QED) is 0.700. The van der Waals surface area contributed by atoms with Gasteiger partial charge in [0.2, 0.25) is 0 Å². The van der Waals surface area contributed by atoms with E-state index in [1.807, 2.05) is 0 Å². The van der Waals surface area contributed by atoms with Gasteiger partial charge in [-0.15, -0.1) is 12.4 Å². The van der Waals surface area contributed by atoms with E-state index in [0.717, 1.165) is 32.3 Å². The van der Waals surface area contributed by atoms with Crippen molar-refractivity contribution in [3.8, 4) is 0 Å². The Labute approximate surface area is 129 Å². The first kappa shape index (κ1) is 19.7. The molecule has 0 amide bonds. The topological polar surface area (TPSA) is 61.6 Å². The summed E-state index contributed by atoms with van der Waals surface area (Å²) in [5, 5.41) is 0. The Morgan fingerprint density at radius 2 is 2.15 bits per heavy atom. The predicted octanol–water partition coefficient (Wildman–Crippen LogP) is 2.92. The van der Waals surface area contributed by atoms with Crippen LogP contribution in [0.2, 0.25) is 0 Å². The minimum atomic E-state index is -0.119. The van der Waals surface area contributed by atoms with Gasteiger partial charge >= 0.3 is 5.97 Å². The highest BCUT2D eigenvalue weighted by molar-refractivity contribution is 5.85. The zero-order chi connectivity index (χ0) is 14.1. The molecule has 0 bridgehead atoms. The molecular weight excluding hydrogens is 278 g/mol. The Kier molecular flexibility index (Phi) is 11.2. The fraction of sp³-hybridized carbons (Fsp3) is 0.933. The average molecular weight is 308 g/mol. The molecule has 0 aromatic heterocycles. The number of hydrogen-bond donors (Lipinski definition) is 1. The van der Waals surface area contributed by atoms with E-state index in [1.165, 1.54) is 6.42 Å². The highest BCUT2D eigenvalue weighted by Gasteiger charge is 2.17. The molecule has 1 heterocycles. The Morgan fingerprint density at radius 3 is 2.70 bits per heavy atom. The molecule has 0 aliphatic carbocycles. The van der Waals surface area contributed by atoms with Gasteiger partial charge in [0.25, 0.3) is 0 Å². The maximum Gasteiger partial charge on any atom is 0.306 e. The highest BCUT2D eigenvalue weighted by Crippen LogP contribution is 2.17. The number of carbonyl (C=O) groups excluding carboxylic acids is 1. The van der Waals surface area contributed by atoms with Crippen molar-refractivity contribution in [3.63, 3.8) is 0 Å². The van der Waals surface area contributed by atoms with Crippen molar-refractivity contribution in [3.05, 3.63) is 0 Å². The Bertz CT molecular complexity index is 256. The first-order chi connectivity index (χ1) is 9.11. The van der Waals surface area contributed by atoms with Crippen LogP contribution in [0.4, 0.5) is 0 Å². The van der Waals surface area contributed by atoms with Crippen LogP contribution in [0.25, 0.3) is 0 Å². The first-order valence-corrected chi connectivity index (χ1v) is 7.59. The van der Waals surface area contributed by atoms with Crippen LogP contribution >= 0.6 is 12.4 Å². The molecule has 1 unspecified atom stereocenters. The Morgan fingerprint density at radius 1 is 1.40 bits per heavy atom. The van der Waals surface area contributed by atoms with Crippen LogP contribution in [0.3, 0.4) is 0 Å². The summed E-state index contributed by atoms with van der Waals surface area (Å²) in [6, 6.07) is 0. The third-order valence-corrected chi connectivity index (χ3v) is 3.57. The smallest absolute Gasteiger partial charge is 0.306 e. The molecule has 2 atom stereocenters. The molecule has 5 heteroatoms. The van der Waals surface area contributed by atoms with Gasteiger partial charge in [-0.2, -0.15) is 0 Å². The van der Waals surface area contributed by atoms with E-state index < -0.39 is 0 Å². The first-order valence-electron chi connectivity index (χ1n) is 7.59. The molecule has 1 aliphatic heterocycles. The van der Waals surface area contributed by atoms with Gasteiger partial charge in [0.15, 0.2) is 0 Å². The van der Waals surface area contributed by atoms with Crippen LogP contribution in [0, 0.1) is 11.8 Å². The van der Waals surface area contributed by atoms with Crippen molar-refractivity contribution in [2.75, 3.05) is 19.8 Å². The van der Waals surface area contributed by atoms with Gasteiger partial charge in [0.1, 0.15) is 0 Å². The maximum absolute atomic E-state index is 11.7. The lowest BCUT2D eigenvalue weighted by Gasteiger charge is -2.22. The normalized spacial score (nSPS) is 20.3. The molecule has 1 saturated heterocycles. The molecule has 1 aliphatic rings. The minimum absolute atomic E-state index is 0. The summed E-state index contributed by atoms with van der Waals surface area (Å²) < 4.78 is 10.9. The maximum atomic E-state index is 11.7. The van der Waals surface area contributed by atoms with Gasteiger partial charge in [-0.05, 0) is 44.1 Å². The highest BCUT2D eigenvalue weighted by atomic mass is 35.5. The van der Waals surface area contributed by atoms with Crippen molar-refractivity contribution >= 4 is 18.4 Å². The van der Waals surface area contributed by atoms with E-state index in [0.29, 0.717) is 25.5 Å². The fourth-order valence-corrected chi connectivity index (χ4v) is 2.56. The lowest BCUT2D eigenvalue weighted by Crippen LogP contribution is -2.24. The van der Waals surface area contributed by atoms with Crippen LogP contribution < -0.4 is 5.73 Å². The number of hydrogen-bond acceptors (Lipinski definition) is 4. The summed E-state index contributed by atoms with van der Waals surface area (Å²) in [6.45, 7) is 6.17. The van der Waals surface area contributed by atoms with Crippen LogP contribution in [-0.2, 0) is 14.3 Å². The second-order valence-electron chi connectivity index (χ2n) is 5.93. The molecule has 0 saturated carbocycles. The summed E-state index contributed by atoms with van der Waals surface area (Å²) in [5.41, 5.74) is 5.69. The van der Waals surface area contributed by atoms with Gasteiger partial charge < -0.3 is 15.2 Å². The van der Waals surface area contributed by atoms with Crippen LogP contribution in [0.15, 0.2) is 0 Å². The summed E-state index contributed by atoms with van der Waals surface area (Å²) in [5.74, 6) is 0.697. The summed E-state index contributed by atoms with van der Waals surface area (Å²) in [6.07, 6.45) is 6.01. The number of esters is 1. The van der Waals surface area contributed by atoms with Crippen molar-refractivity contribution in [1.29, 1.82) is 0 Å². The summed E-state index contributed by atoms with van der Waals surface area (Å²) in [7, 11) is 0. The minimum Gasteiger partial charge on any atom is -0.466 e. The van der Waals surface area contributed by atoms with Crippen LogP contribution in [0.1, 0.15) is 52.4 Å². The van der Waals surface area contributed by atoms with E-state index in [1.54, 1.807) is 0 Å². The van der Waals surface area contributed by atoms with E-state index in [9.17, 15) is 4.79 Å². The molecule has 1 fully saturated rings. The molecule has 0 radical (unpaired) electrons. The summed E-state index contributed by atoms with van der Waals surface area (Å²) in [4.78, 5) is 11.7. The lowest BCUT2D eigenvalue weighted by molar-refractivity contribution is -0.146. The van der Waals surface area contributed by atoms with E-state index in [4.69, 9.17) is 15.2 Å². The Hall–Kier alpha value is -0.320. The Balaban J connectivity index is 0.00000361. The lowest BCUT2D eigenvalue weighted by atomic mass is 9.94. The van der Waals surface area contributed by atoms with Gasteiger partial charge in [-0.1, -0.05) is 13.8 Å². The number of carbonyl (C=O) groups is 1. The standard InChI is InChI=1S/C15H29NO3.ClH/c1-12(2)9-13(11-16)10-15(17)19-8-6-14-5-3-4-7-18-14;/h12-14H,3-11,16H2,1-2H3;1H/t13-,14?;/m0./s1. The van der Waals surface area contributed by atoms with Crippen LogP contribution in [-0.4, -0.2) is 31.8 Å². The average Bonchev–Trinajstić information content (AvgIpc) is 2.38. The fourth-order valence-electron chi connectivity index (χ4n) is 2.56. The van der Waals surface area contributed by atoms with Crippen molar-refractivity contribution in [1.82, 2.24) is 0 Å². The number of rotatable bonds is 8. The molecule has 4 nitrogen and oxygen atoms in total. The molecule has 1 rings (SSSR count). The molecule has 2 N–H and O–H groups in total. The molecule has 0 aromatic rings.